The topological polar surface area (TPSA) is 30.5 Å². The van der Waals surface area contributed by atoms with E-state index in [0.717, 1.165) is 5.69 Å². The third-order valence-electron chi connectivity index (χ3n) is 1.82. The summed E-state index contributed by atoms with van der Waals surface area (Å²) in [6.45, 7) is 1.23. The average molecular weight is 183 g/mol. The van der Waals surface area contributed by atoms with Crippen molar-refractivity contribution in [2.24, 2.45) is 0 Å². The van der Waals surface area contributed by atoms with Crippen LogP contribution < -0.4 is 14.8 Å². The summed E-state index contributed by atoms with van der Waals surface area (Å²) < 4.78 is 23.0. The van der Waals surface area contributed by atoms with Gasteiger partial charge in [0.25, 0.3) is 0 Å². The van der Waals surface area contributed by atoms with E-state index in [4.69, 9.17) is 9.47 Å². The molecule has 1 aromatic rings. The quantitative estimate of drug-likeness (QED) is 0.723. The maximum absolute atomic E-state index is 13.2. The number of anilines is 1. The smallest absolute Gasteiger partial charge is 0.404 e. The van der Waals surface area contributed by atoms with Crippen molar-refractivity contribution in [2.45, 2.75) is 13.0 Å². The van der Waals surface area contributed by atoms with Crippen LogP contribution >= 0.6 is 0 Å². The average Bonchev–Trinajstić information content (AvgIpc) is 2.36. The van der Waals surface area contributed by atoms with Gasteiger partial charge in [-0.1, -0.05) is 0 Å². The molecule has 1 aromatic carbocycles. The number of nitrogens with one attached hydrogen (secondary N) is 1. The van der Waals surface area contributed by atoms with Crippen molar-refractivity contribution >= 4 is 5.69 Å². The maximum atomic E-state index is 13.2. The molecular weight excluding hydrogens is 173 g/mol. The first-order valence-corrected chi connectivity index (χ1v) is 3.99. The highest BCUT2D eigenvalue weighted by Gasteiger charge is 2.36. The molecule has 3 nitrogen and oxygen atoms in total. The van der Waals surface area contributed by atoms with E-state index in [1.165, 1.54) is 6.92 Å². The fourth-order valence-electron chi connectivity index (χ4n) is 1.24. The van der Waals surface area contributed by atoms with Gasteiger partial charge in [-0.2, -0.15) is 4.39 Å². The molecule has 0 spiro atoms. The van der Waals surface area contributed by atoms with Crippen molar-refractivity contribution < 1.29 is 13.9 Å². The zero-order valence-corrected chi connectivity index (χ0v) is 7.43. The highest BCUT2D eigenvalue weighted by Crippen LogP contribution is 2.41. The van der Waals surface area contributed by atoms with Crippen LogP contribution in [0, 0.1) is 0 Å². The zero-order valence-electron chi connectivity index (χ0n) is 7.43. The second-order valence-electron chi connectivity index (χ2n) is 2.95. The van der Waals surface area contributed by atoms with Crippen LogP contribution in [0.1, 0.15) is 6.92 Å². The molecule has 0 radical (unpaired) electrons. The number of fused-ring (bicyclic) bond motifs is 1. The lowest BCUT2D eigenvalue weighted by Gasteiger charge is -2.10. The number of benzene rings is 1. The Morgan fingerprint density at radius 1 is 1.31 bits per heavy atom. The van der Waals surface area contributed by atoms with E-state index >= 15 is 0 Å². The third kappa shape index (κ3) is 1.39. The van der Waals surface area contributed by atoms with Crippen molar-refractivity contribution in [3.8, 4) is 11.5 Å². The van der Waals surface area contributed by atoms with Crippen LogP contribution in [0.4, 0.5) is 10.1 Å². The summed E-state index contributed by atoms with van der Waals surface area (Å²) in [7, 11) is 1.78. The molecule has 0 saturated heterocycles. The Morgan fingerprint density at radius 3 is 2.69 bits per heavy atom. The van der Waals surface area contributed by atoms with Crippen LogP contribution in [0.25, 0.3) is 0 Å². The fourth-order valence-corrected chi connectivity index (χ4v) is 1.24. The van der Waals surface area contributed by atoms with Crippen LogP contribution in [0.5, 0.6) is 11.5 Å². The predicted octanol–water partition coefficient (Wildman–Crippen LogP) is 2.14. The van der Waals surface area contributed by atoms with Crippen molar-refractivity contribution in [1.82, 2.24) is 0 Å². The first-order valence-electron chi connectivity index (χ1n) is 3.99. The number of ether oxygens (including phenoxy) is 2. The number of hydrogen-bond donors (Lipinski definition) is 1. The lowest BCUT2D eigenvalue weighted by atomic mass is 10.3. The largest absolute Gasteiger partial charge is 0.423 e. The normalized spacial score (nSPS) is 24.5. The summed E-state index contributed by atoms with van der Waals surface area (Å²) in [6.07, 6.45) is 0. The second-order valence-corrected chi connectivity index (χ2v) is 2.95. The zero-order chi connectivity index (χ0) is 9.47. The van der Waals surface area contributed by atoms with Gasteiger partial charge >= 0.3 is 6.04 Å². The van der Waals surface area contributed by atoms with Gasteiger partial charge in [-0.05, 0) is 12.1 Å². The van der Waals surface area contributed by atoms with Crippen LogP contribution in [-0.2, 0) is 0 Å². The minimum atomic E-state index is -2.03. The van der Waals surface area contributed by atoms with Crippen LogP contribution in [0.2, 0.25) is 0 Å². The molecule has 1 heterocycles. The Bertz CT molecular complexity index is 338. The third-order valence-corrected chi connectivity index (χ3v) is 1.82. The Kier molecular flexibility index (Phi) is 1.58. The monoisotopic (exact) mass is 183 g/mol. The Balaban J connectivity index is 2.36. The maximum Gasteiger partial charge on any atom is 0.404 e. The van der Waals surface area contributed by atoms with E-state index in [1.807, 2.05) is 0 Å². The Labute approximate surface area is 75.5 Å². The standard InChI is InChI=1S/C9H10FNO2/c1-9(10)12-7-4-3-6(11-2)5-8(7)13-9/h3-5,11H,1-2H3. The Hall–Kier alpha value is -1.45. The van der Waals surface area contributed by atoms with Gasteiger partial charge in [-0.15, -0.1) is 0 Å². The molecular formula is C9H10FNO2. The Morgan fingerprint density at radius 2 is 2.00 bits per heavy atom. The first kappa shape index (κ1) is 8.16. The van der Waals surface area contributed by atoms with E-state index in [0.29, 0.717) is 11.5 Å². The second kappa shape index (κ2) is 2.52. The van der Waals surface area contributed by atoms with Gasteiger partial charge in [0.2, 0.25) is 0 Å². The van der Waals surface area contributed by atoms with Crippen LogP contribution in [0.3, 0.4) is 0 Å². The molecule has 0 aromatic heterocycles. The van der Waals surface area contributed by atoms with Crippen molar-refractivity contribution in [1.29, 1.82) is 0 Å². The van der Waals surface area contributed by atoms with Gasteiger partial charge in [-0.25, -0.2) is 0 Å². The number of alkyl halides is 1. The van der Waals surface area contributed by atoms with Gasteiger partial charge in [-0.3, -0.25) is 0 Å². The molecule has 0 aliphatic carbocycles. The predicted molar refractivity (Wildman–Crippen MR) is 46.8 cm³/mol. The molecule has 13 heavy (non-hydrogen) atoms. The minimum Gasteiger partial charge on any atom is -0.423 e. The summed E-state index contributed by atoms with van der Waals surface area (Å²) in [5.41, 5.74) is 0.861. The number of rotatable bonds is 1. The van der Waals surface area contributed by atoms with Gasteiger partial charge in [0.1, 0.15) is 0 Å². The summed E-state index contributed by atoms with van der Waals surface area (Å²) in [6, 6.07) is 3.13. The summed E-state index contributed by atoms with van der Waals surface area (Å²) in [4.78, 5) is 0. The van der Waals surface area contributed by atoms with E-state index < -0.39 is 6.04 Å². The molecule has 1 aliphatic heterocycles. The van der Waals surface area contributed by atoms with Gasteiger partial charge in [0, 0.05) is 25.7 Å². The van der Waals surface area contributed by atoms with E-state index in [2.05, 4.69) is 5.32 Å². The van der Waals surface area contributed by atoms with Crippen LogP contribution in [-0.4, -0.2) is 13.1 Å². The molecule has 0 amide bonds. The van der Waals surface area contributed by atoms with Crippen LogP contribution in [0.15, 0.2) is 18.2 Å². The summed E-state index contributed by atoms with van der Waals surface area (Å²) >= 11 is 0. The highest BCUT2D eigenvalue weighted by molar-refractivity contribution is 5.55. The first-order chi connectivity index (χ1) is 6.11. The van der Waals surface area contributed by atoms with Crippen molar-refractivity contribution in [3.63, 3.8) is 0 Å². The molecule has 0 fully saturated rings. The molecule has 1 aliphatic rings. The minimum absolute atomic E-state index is 0.428. The van der Waals surface area contributed by atoms with E-state index in [-0.39, 0.29) is 0 Å². The summed E-state index contributed by atoms with van der Waals surface area (Å²) in [5.74, 6) is 0.862. The molecule has 1 unspecified atom stereocenters. The van der Waals surface area contributed by atoms with Gasteiger partial charge in [0.15, 0.2) is 11.5 Å². The molecule has 1 N–H and O–H groups in total. The van der Waals surface area contributed by atoms with Gasteiger partial charge < -0.3 is 14.8 Å². The number of halogens is 1. The lowest BCUT2D eigenvalue weighted by Crippen LogP contribution is -2.27. The molecule has 0 saturated carbocycles. The molecule has 4 heteroatoms. The summed E-state index contributed by atoms with van der Waals surface area (Å²) in [5, 5.41) is 2.93. The molecule has 0 bridgehead atoms. The molecule has 2 rings (SSSR count). The fraction of sp³-hybridized carbons (Fsp3) is 0.333. The SMILES string of the molecule is CNc1ccc2c(c1)OC(C)(F)O2. The van der Waals surface area contributed by atoms with Crippen molar-refractivity contribution in [2.75, 3.05) is 12.4 Å². The number of hydrogen-bond acceptors (Lipinski definition) is 3. The van der Waals surface area contributed by atoms with Gasteiger partial charge in [0.05, 0.1) is 0 Å². The highest BCUT2D eigenvalue weighted by atomic mass is 19.2. The molecule has 1 atom stereocenters. The lowest BCUT2D eigenvalue weighted by molar-refractivity contribution is -0.173. The van der Waals surface area contributed by atoms with Crippen molar-refractivity contribution in [3.05, 3.63) is 18.2 Å². The van der Waals surface area contributed by atoms with E-state index in [1.54, 1.807) is 25.2 Å². The van der Waals surface area contributed by atoms with E-state index in [9.17, 15) is 4.39 Å². The molecule has 70 valence electrons.